The highest BCUT2D eigenvalue weighted by atomic mass is 79.9. The van der Waals surface area contributed by atoms with Gasteiger partial charge in [-0.25, -0.2) is 13.5 Å². The lowest BCUT2D eigenvalue weighted by Gasteiger charge is -2.36. The fraction of sp³-hybridized carbons (Fsp3) is 0.444. The Labute approximate surface area is 177 Å². The van der Waals surface area contributed by atoms with E-state index >= 15 is 0 Å². The van der Waals surface area contributed by atoms with E-state index < -0.39 is 6.43 Å². The minimum Gasteiger partial charge on any atom is -0.367 e. The third-order valence-corrected chi connectivity index (χ3v) is 6.65. The number of anilines is 1. The van der Waals surface area contributed by atoms with Gasteiger partial charge in [-0.15, -0.1) is 10.2 Å². The van der Waals surface area contributed by atoms with E-state index in [1.165, 1.54) is 0 Å². The van der Waals surface area contributed by atoms with Crippen LogP contribution in [0.15, 0.2) is 22.8 Å². The Bertz CT molecular complexity index is 1070. The van der Waals surface area contributed by atoms with Crippen molar-refractivity contribution in [2.24, 2.45) is 5.92 Å². The third-order valence-electron chi connectivity index (χ3n) is 5.29. The van der Waals surface area contributed by atoms with E-state index in [2.05, 4.69) is 36.1 Å². The topological polar surface area (TPSA) is 67.2 Å². The number of aromatic nitrogens is 4. The van der Waals surface area contributed by atoms with E-state index in [0.29, 0.717) is 18.2 Å². The molecule has 2 fully saturated rings. The lowest BCUT2D eigenvalue weighted by atomic mass is 10.1. The van der Waals surface area contributed by atoms with Crippen molar-refractivity contribution in [1.82, 2.24) is 24.9 Å². The zero-order valence-electron chi connectivity index (χ0n) is 15.3. The first-order valence-corrected chi connectivity index (χ1v) is 10.9. The van der Waals surface area contributed by atoms with Gasteiger partial charge in [0, 0.05) is 47.6 Å². The number of fused-ring (bicyclic) bond motifs is 1. The van der Waals surface area contributed by atoms with Crippen LogP contribution >= 0.6 is 27.3 Å². The first kappa shape index (κ1) is 18.9. The van der Waals surface area contributed by atoms with Crippen LogP contribution in [0, 0.1) is 5.92 Å². The molecule has 29 heavy (non-hydrogen) atoms. The molecule has 2 aliphatic rings. The van der Waals surface area contributed by atoms with Crippen molar-refractivity contribution in [1.29, 1.82) is 0 Å². The monoisotopic (exact) mass is 482 g/mol. The van der Waals surface area contributed by atoms with E-state index in [4.69, 9.17) is 0 Å². The highest BCUT2D eigenvalue weighted by Gasteiger charge is 2.34. The van der Waals surface area contributed by atoms with Crippen molar-refractivity contribution >= 4 is 49.8 Å². The molecule has 7 nitrogen and oxygen atoms in total. The number of alkyl halides is 2. The quantitative estimate of drug-likeness (QED) is 0.567. The molecule has 0 bridgehead atoms. The van der Waals surface area contributed by atoms with Crippen LogP contribution < -0.4 is 4.90 Å². The molecule has 0 atom stereocenters. The second-order valence-corrected chi connectivity index (χ2v) is 9.13. The highest BCUT2D eigenvalue weighted by molar-refractivity contribution is 9.10. The Balaban J connectivity index is 1.44. The molecule has 1 aromatic carbocycles. The average molecular weight is 483 g/mol. The summed E-state index contributed by atoms with van der Waals surface area (Å²) >= 11 is 4.38. The maximum atomic E-state index is 12.9. The molecule has 3 heterocycles. The van der Waals surface area contributed by atoms with Crippen LogP contribution in [-0.4, -0.2) is 57.0 Å². The van der Waals surface area contributed by atoms with Crippen molar-refractivity contribution in [3.63, 3.8) is 0 Å². The molecule has 5 rings (SSSR count). The normalized spacial score (nSPS) is 17.5. The number of amides is 1. The molecular weight excluding hydrogens is 466 g/mol. The number of nitrogens with zero attached hydrogens (tertiary/aromatic N) is 6. The van der Waals surface area contributed by atoms with Crippen molar-refractivity contribution in [3.05, 3.63) is 27.8 Å². The standard InChI is InChI=1S/C18H17BrF2N6OS/c19-11-7-13(25-3-5-26(6-4-25)17(28)10-1-2-10)12-9-22-27(14(12)8-11)18-24-23-16(29-18)15(20)21/h7-10,15H,1-6H2. The maximum absolute atomic E-state index is 12.9. The van der Waals surface area contributed by atoms with Gasteiger partial charge in [-0.2, -0.15) is 5.10 Å². The van der Waals surface area contributed by atoms with Gasteiger partial charge in [-0.05, 0) is 25.0 Å². The Hall–Kier alpha value is -2.14. The number of hydrogen-bond acceptors (Lipinski definition) is 6. The Morgan fingerprint density at radius 2 is 1.93 bits per heavy atom. The van der Waals surface area contributed by atoms with Crippen LogP contribution in [0.5, 0.6) is 0 Å². The molecule has 1 aliphatic heterocycles. The summed E-state index contributed by atoms with van der Waals surface area (Å²) in [4.78, 5) is 16.5. The molecule has 11 heteroatoms. The van der Waals surface area contributed by atoms with Crippen molar-refractivity contribution in [2.75, 3.05) is 31.1 Å². The summed E-state index contributed by atoms with van der Waals surface area (Å²) in [6.07, 6.45) is 1.11. The van der Waals surface area contributed by atoms with Crippen LogP contribution in [-0.2, 0) is 4.79 Å². The van der Waals surface area contributed by atoms with Crippen LogP contribution in [0.1, 0.15) is 24.3 Å². The summed E-state index contributed by atoms with van der Waals surface area (Å²) in [6, 6.07) is 3.92. The van der Waals surface area contributed by atoms with Crippen LogP contribution in [0.4, 0.5) is 14.5 Å². The molecule has 1 aliphatic carbocycles. The van der Waals surface area contributed by atoms with Gasteiger partial charge in [0.05, 0.1) is 11.7 Å². The Morgan fingerprint density at radius 1 is 1.17 bits per heavy atom. The van der Waals surface area contributed by atoms with Crippen molar-refractivity contribution in [3.8, 4) is 5.13 Å². The van der Waals surface area contributed by atoms with Gasteiger partial charge in [-0.1, -0.05) is 27.3 Å². The first-order valence-electron chi connectivity index (χ1n) is 9.34. The smallest absolute Gasteiger partial charge is 0.291 e. The molecule has 1 amide bonds. The van der Waals surface area contributed by atoms with Gasteiger partial charge in [0.15, 0.2) is 5.01 Å². The summed E-state index contributed by atoms with van der Waals surface area (Å²) in [5, 5.41) is 12.7. The van der Waals surface area contributed by atoms with Gasteiger partial charge in [0.2, 0.25) is 11.0 Å². The summed E-state index contributed by atoms with van der Waals surface area (Å²) in [7, 11) is 0. The zero-order valence-corrected chi connectivity index (χ0v) is 17.7. The Kier molecular flexibility index (Phi) is 4.73. The number of hydrogen-bond donors (Lipinski definition) is 0. The van der Waals surface area contributed by atoms with E-state index in [1.807, 2.05) is 17.0 Å². The van der Waals surface area contributed by atoms with E-state index in [9.17, 15) is 13.6 Å². The number of carbonyl (C=O) groups excluding carboxylic acids is 1. The molecule has 1 saturated carbocycles. The molecule has 2 aromatic heterocycles. The fourth-order valence-corrected chi connectivity index (χ4v) is 4.75. The number of rotatable bonds is 4. The molecule has 0 N–H and O–H groups in total. The number of carbonyl (C=O) groups is 1. The van der Waals surface area contributed by atoms with Crippen molar-refractivity contribution in [2.45, 2.75) is 19.3 Å². The molecular formula is C18H17BrF2N6OS. The van der Waals surface area contributed by atoms with E-state index in [-0.39, 0.29) is 16.8 Å². The number of halogens is 3. The van der Waals surface area contributed by atoms with Crippen LogP contribution in [0.2, 0.25) is 0 Å². The predicted octanol–water partition coefficient (Wildman–Crippen LogP) is 3.64. The minimum absolute atomic E-state index is 0.238. The maximum Gasteiger partial charge on any atom is 0.291 e. The minimum atomic E-state index is -2.65. The molecule has 0 unspecified atom stereocenters. The van der Waals surface area contributed by atoms with Gasteiger partial charge in [0.1, 0.15) is 0 Å². The first-order chi connectivity index (χ1) is 14.0. The second kappa shape index (κ2) is 7.28. The van der Waals surface area contributed by atoms with E-state index in [0.717, 1.165) is 58.3 Å². The molecule has 152 valence electrons. The molecule has 0 spiro atoms. The predicted molar refractivity (Wildman–Crippen MR) is 109 cm³/mol. The number of benzene rings is 1. The van der Waals surface area contributed by atoms with Crippen molar-refractivity contribution < 1.29 is 13.6 Å². The summed E-state index contributed by atoms with van der Waals surface area (Å²) in [6.45, 7) is 2.88. The summed E-state index contributed by atoms with van der Waals surface area (Å²) in [5.41, 5.74) is 1.76. The fourth-order valence-electron chi connectivity index (χ4n) is 3.65. The largest absolute Gasteiger partial charge is 0.367 e. The molecule has 3 aromatic rings. The van der Waals surface area contributed by atoms with Gasteiger partial charge in [-0.3, -0.25) is 4.79 Å². The summed E-state index contributed by atoms with van der Waals surface area (Å²) in [5.74, 6) is 0.519. The number of piperazine rings is 1. The SMILES string of the molecule is O=C(C1CC1)N1CCN(c2cc(Br)cc3c2cnn3-c2nnc(C(F)F)s2)CC1. The second-order valence-electron chi connectivity index (χ2n) is 7.22. The van der Waals surface area contributed by atoms with Crippen LogP contribution in [0.25, 0.3) is 16.0 Å². The zero-order chi connectivity index (χ0) is 20.1. The van der Waals surface area contributed by atoms with Gasteiger partial charge >= 0.3 is 0 Å². The third kappa shape index (κ3) is 3.50. The highest BCUT2D eigenvalue weighted by Crippen LogP contribution is 2.35. The summed E-state index contributed by atoms with van der Waals surface area (Å²) < 4.78 is 28.2. The van der Waals surface area contributed by atoms with Crippen LogP contribution in [0.3, 0.4) is 0 Å². The van der Waals surface area contributed by atoms with Gasteiger partial charge in [0.25, 0.3) is 6.43 Å². The van der Waals surface area contributed by atoms with Gasteiger partial charge < -0.3 is 9.80 Å². The average Bonchev–Trinajstić information content (AvgIpc) is 3.29. The lowest BCUT2D eigenvalue weighted by molar-refractivity contribution is -0.132. The van der Waals surface area contributed by atoms with E-state index in [1.54, 1.807) is 10.9 Å². The molecule has 1 saturated heterocycles. The molecule has 0 radical (unpaired) electrons. The Morgan fingerprint density at radius 3 is 2.59 bits per heavy atom. The lowest BCUT2D eigenvalue weighted by Crippen LogP contribution is -2.49.